The van der Waals surface area contributed by atoms with Crippen molar-refractivity contribution in [2.75, 3.05) is 13.7 Å². The van der Waals surface area contributed by atoms with Crippen molar-refractivity contribution in [3.63, 3.8) is 0 Å². The summed E-state index contributed by atoms with van der Waals surface area (Å²) >= 11 is 0. The fourth-order valence-corrected chi connectivity index (χ4v) is 13.4. The van der Waals surface area contributed by atoms with E-state index in [1.165, 1.54) is 25.3 Å². The molecule has 1 fully saturated rings. The number of nitrogens with one attached hydrogen (secondary N) is 1. The van der Waals surface area contributed by atoms with Crippen molar-refractivity contribution in [3.05, 3.63) is 143 Å². The third-order valence-electron chi connectivity index (χ3n) is 11.8. The van der Waals surface area contributed by atoms with Crippen LogP contribution in [0, 0.1) is 0 Å². The van der Waals surface area contributed by atoms with Crippen LogP contribution in [0.2, 0.25) is 0 Å². The van der Waals surface area contributed by atoms with Crippen molar-refractivity contribution in [1.82, 2.24) is 5.09 Å². The molecule has 5 aromatic rings. The van der Waals surface area contributed by atoms with Gasteiger partial charge in [-0.1, -0.05) is 12.1 Å². The van der Waals surface area contributed by atoms with Gasteiger partial charge in [-0.2, -0.15) is 0 Å². The van der Waals surface area contributed by atoms with E-state index in [2.05, 4.69) is 41.5 Å². The van der Waals surface area contributed by atoms with E-state index >= 15 is 0 Å². The molecule has 8 rings (SSSR count). The average molecular weight is 806 g/mol. The molecular formula is C45H44NO11P. The molecule has 1 saturated heterocycles. The molecule has 0 saturated carbocycles. The number of ketones is 3. The predicted octanol–water partition coefficient (Wildman–Crippen LogP) is 3.27. The number of fused-ring (bicyclic) bond motifs is 3. The Bertz CT molecular complexity index is 2300. The van der Waals surface area contributed by atoms with Crippen molar-refractivity contribution >= 4 is 40.7 Å². The molecule has 13 heteroatoms. The van der Waals surface area contributed by atoms with Crippen molar-refractivity contribution in [2.24, 2.45) is 0 Å². The van der Waals surface area contributed by atoms with Crippen LogP contribution in [-0.4, -0.2) is 86.7 Å². The van der Waals surface area contributed by atoms with Crippen LogP contribution in [0.25, 0.3) is 0 Å². The Morgan fingerprint density at radius 3 is 1.95 bits per heavy atom. The molecule has 5 aromatic carbocycles. The standard InChI is InChI=1S/C45H44NO11P/c1-25-40(49)31(46-58(26-13-6-3-7-14-26,27-15-8-4-9-16-27)28-17-10-5-11-18-28)21-35(56-25)57-33-23-45(54,34(48)24-47)22-30-37(33)44(53)39-38(42(30)51)41(50)29-19-12-20-32(55-2)36(29)43(39)52/h3-20,25,31,33,35,40,46-47,49,51,53-54,58H,21-24H2,1-2H3/t25?,31?,33-,35?,40?,45-/m0/s1. The van der Waals surface area contributed by atoms with Crippen LogP contribution in [0.15, 0.2) is 109 Å². The zero-order valence-electron chi connectivity index (χ0n) is 31.8. The first kappa shape index (κ1) is 39.5. The zero-order chi connectivity index (χ0) is 40.9. The number of methoxy groups -OCH3 is 1. The molecule has 1 heterocycles. The molecule has 0 amide bonds. The molecule has 0 radical (unpaired) electrons. The summed E-state index contributed by atoms with van der Waals surface area (Å²) in [5, 5.41) is 64.4. The first-order chi connectivity index (χ1) is 27.9. The SMILES string of the molecule is COc1cccc2c1C(=O)c1c(O)c3c(c(O)c1C2=O)C[C@@](O)(C(=O)CO)C[C@@H]3OC1CC(N[PH](c2ccccc2)(c2ccccc2)c2ccccc2)C(O)C(C)O1. The van der Waals surface area contributed by atoms with Crippen LogP contribution >= 0.6 is 7.41 Å². The quantitative estimate of drug-likeness (QED) is 0.0877. The number of hydrogen-bond acceptors (Lipinski definition) is 12. The zero-order valence-corrected chi connectivity index (χ0v) is 32.8. The number of hydrogen-bond donors (Lipinski definition) is 6. The van der Waals surface area contributed by atoms with Gasteiger partial charge >= 0.3 is 306 Å². The molecule has 6 atom stereocenters. The monoisotopic (exact) mass is 805 g/mol. The van der Waals surface area contributed by atoms with Gasteiger partial charge in [0.15, 0.2) is 0 Å². The van der Waals surface area contributed by atoms with Gasteiger partial charge in [0.05, 0.1) is 7.11 Å². The number of aliphatic hydroxyl groups is 3. The first-order valence-electron chi connectivity index (χ1n) is 19.1. The van der Waals surface area contributed by atoms with Crippen LogP contribution in [0.5, 0.6) is 17.2 Å². The van der Waals surface area contributed by atoms with E-state index in [0.29, 0.717) is 0 Å². The Morgan fingerprint density at radius 2 is 1.40 bits per heavy atom. The number of phenolic OH excluding ortho intramolecular Hbond substituents is 2. The molecule has 4 unspecified atom stereocenters. The second-order valence-electron chi connectivity index (χ2n) is 15.1. The summed E-state index contributed by atoms with van der Waals surface area (Å²) in [6, 6.07) is 33.8. The fraction of sp³-hybridized carbons (Fsp3) is 0.267. The van der Waals surface area contributed by atoms with Gasteiger partial charge in [0, 0.05) is 0 Å². The van der Waals surface area contributed by atoms with Gasteiger partial charge in [-0.15, -0.1) is 0 Å². The van der Waals surface area contributed by atoms with Crippen molar-refractivity contribution < 1.29 is 54.1 Å². The van der Waals surface area contributed by atoms with Crippen LogP contribution in [0.1, 0.15) is 68.8 Å². The number of rotatable bonds is 10. The van der Waals surface area contributed by atoms with Gasteiger partial charge in [0.2, 0.25) is 0 Å². The second-order valence-corrected chi connectivity index (χ2v) is 18.6. The van der Waals surface area contributed by atoms with E-state index in [1.54, 1.807) is 6.92 Å². The molecule has 58 heavy (non-hydrogen) atoms. The molecule has 6 N–H and O–H groups in total. The Hall–Kier alpha value is -5.30. The summed E-state index contributed by atoms with van der Waals surface area (Å²) in [5.74, 6) is -3.79. The van der Waals surface area contributed by atoms with Gasteiger partial charge in [-0.3, -0.25) is 0 Å². The maximum absolute atomic E-state index is 14.1. The second kappa shape index (κ2) is 15.5. The summed E-state index contributed by atoms with van der Waals surface area (Å²) < 4.78 is 18.2. The Kier molecular flexibility index (Phi) is 10.5. The van der Waals surface area contributed by atoms with E-state index in [-0.39, 0.29) is 34.4 Å². The number of phenols is 2. The van der Waals surface area contributed by atoms with E-state index in [1.807, 2.05) is 54.6 Å². The molecule has 1 aliphatic heterocycles. The summed E-state index contributed by atoms with van der Waals surface area (Å²) in [5.41, 5.74) is -3.71. The molecule has 2 aliphatic carbocycles. The van der Waals surface area contributed by atoms with Gasteiger partial charge in [-0.25, -0.2) is 0 Å². The number of aromatic hydroxyl groups is 2. The summed E-state index contributed by atoms with van der Waals surface area (Å²) in [4.78, 5) is 41.2. The van der Waals surface area contributed by atoms with Crippen LogP contribution in [0.4, 0.5) is 0 Å². The van der Waals surface area contributed by atoms with Crippen molar-refractivity contribution in [1.29, 1.82) is 0 Å². The van der Waals surface area contributed by atoms with Crippen LogP contribution in [-0.2, 0) is 20.7 Å². The topological polar surface area (TPSA) is 192 Å². The molecule has 0 spiro atoms. The third-order valence-corrected chi connectivity index (χ3v) is 16.2. The third kappa shape index (κ3) is 6.42. The number of Topliss-reactive ketones (excluding diaryl/α,β-unsaturated/α-hetero) is 1. The molecular weight excluding hydrogens is 761 g/mol. The molecule has 3 aliphatic rings. The van der Waals surface area contributed by atoms with E-state index < -0.39 is 103 Å². The molecule has 12 nitrogen and oxygen atoms in total. The van der Waals surface area contributed by atoms with Crippen LogP contribution in [0.3, 0.4) is 0 Å². The molecule has 0 aromatic heterocycles. The minimum absolute atomic E-state index is 0.0463. The fourth-order valence-electron chi connectivity index (χ4n) is 8.95. The van der Waals surface area contributed by atoms with E-state index in [4.69, 9.17) is 14.2 Å². The summed E-state index contributed by atoms with van der Waals surface area (Å²) in [7, 11) is -1.80. The maximum atomic E-state index is 14.1. The van der Waals surface area contributed by atoms with Gasteiger partial charge < -0.3 is 4.74 Å². The van der Waals surface area contributed by atoms with E-state index in [9.17, 15) is 39.9 Å². The number of carbonyl (C=O) groups is 3. The normalized spacial score (nSPS) is 24.3. The van der Waals surface area contributed by atoms with Crippen molar-refractivity contribution in [3.8, 4) is 17.2 Å². The Morgan fingerprint density at radius 1 is 0.828 bits per heavy atom. The number of aliphatic hydroxyl groups excluding tert-OH is 2. The van der Waals surface area contributed by atoms with Gasteiger partial charge in [-0.05, 0) is 6.07 Å². The first-order valence-corrected chi connectivity index (χ1v) is 21.1. The predicted molar refractivity (Wildman–Crippen MR) is 217 cm³/mol. The summed E-state index contributed by atoms with van der Waals surface area (Å²) in [6.07, 6.45) is -5.42. The van der Waals surface area contributed by atoms with Crippen LogP contribution < -0.4 is 25.7 Å². The molecule has 300 valence electrons. The van der Waals surface area contributed by atoms with E-state index in [0.717, 1.165) is 15.9 Å². The average Bonchev–Trinajstić information content (AvgIpc) is 3.24. The minimum atomic E-state index is -3.14. The van der Waals surface area contributed by atoms with Crippen molar-refractivity contribution in [2.45, 2.75) is 62.4 Å². The van der Waals surface area contributed by atoms with Gasteiger partial charge in [0.1, 0.15) is 0 Å². The molecule has 0 bridgehead atoms. The Balaban J connectivity index is 1.22. The summed E-state index contributed by atoms with van der Waals surface area (Å²) in [6.45, 7) is 0.655. The van der Waals surface area contributed by atoms with Gasteiger partial charge in [0.25, 0.3) is 0 Å². The number of benzene rings is 5. The Labute approximate surface area is 335 Å². The number of carbonyl (C=O) groups excluding carboxylic acids is 3. The number of ether oxygens (including phenoxy) is 3.